The van der Waals surface area contributed by atoms with E-state index in [0.29, 0.717) is 12.1 Å². The zero-order valence-electron chi connectivity index (χ0n) is 10.6. The monoisotopic (exact) mass is 312 g/mol. The maximum atomic E-state index is 11.8. The Morgan fingerprint density at radius 3 is 2.35 bits per heavy atom. The summed E-state index contributed by atoms with van der Waals surface area (Å²) in [6, 6.07) is 6.65. The average molecular weight is 313 g/mol. The van der Waals surface area contributed by atoms with Gasteiger partial charge in [0.25, 0.3) is 5.91 Å². The van der Waals surface area contributed by atoms with E-state index in [9.17, 15) is 18.0 Å². The second kappa shape index (κ2) is 8.78. The molecule has 8 heteroatoms. The van der Waals surface area contributed by atoms with Crippen molar-refractivity contribution in [3.8, 4) is 0 Å². The number of hydrogen-bond donors (Lipinski definition) is 2. The minimum Gasteiger partial charge on any atom is -0.370 e. The van der Waals surface area contributed by atoms with Gasteiger partial charge in [-0.15, -0.1) is 12.4 Å². The number of carbonyl (C=O) groups is 1. The van der Waals surface area contributed by atoms with Crippen molar-refractivity contribution in [3.05, 3.63) is 35.4 Å². The van der Waals surface area contributed by atoms with Crippen LogP contribution >= 0.6 is 12.4 Å². The number of halogens is 4. The Morgan fingerprint density at radius 2 is 1.85 bits per heavy atom. The molecule has 1 amide bonds. The zero-order valence-corrected chi connectivity index (χ0v) is 11.4. The molecule has 0 radical (unpaired) electrons. The molecule has 1 rings (SSSR count). The molecule has 1 aromatic rings. The van der Waals surface area contributed by atoms with Gasteiger partial charge >= 0.3 is 6.18 Å². The predicted molar refractivity (Wildman–Crippen MR) is 70.8 cm³/mol. The highest BCUT2D eigenvalue weighted by atomic mass is 35.5. The number of hydrogen-bond acceptors (Lipinski definition) is 3. The summed E-state index contributed by atoms with van der Waals surface area (Å²) in [6.07, 6.45) is -4.35. The van der Waals surface area contributed by atoms with E-state index in [1.807, 2.05) is 0 Å². The molecule has 0 aromatic heterocycles. The van der Waals surface area contributed by atoms with E-state index in [2.05, 4.69) is 10.1 Å². The smallest absolute Gasteiger partial charge is 0.370 e. The minimum absolute atomic E-state index is 0. The third-order valence-corrected chi connectivity index (χ3v) is 2.25. The first-order valence-electron chi connectivity index (χ1n) is 5.64. The van der Waals surface area contributed by atoms with Gasteiger partial charge in [0.15, 0.2) is 0 Å². The normalized spacial score (nSPS) is 10.8. The number of rotatable bonds is 6. The second-order valence-electron chi connectivity index (χ2n) is 3.82. The van der Waals surface area contributed by atoms with Crippen molar-refractivity contribution < 1.29 is 22.7 Å². The van der Waals surface area contributed by atoms with E-state index in [-0.39, 0.29) is 31.5 Å². The van der Waals surface area contributed by atoms with Crippen LogP contribution in [0.3, 0.4) is 0 Å². The molecular formula is C12H16ClF3N2O2. The Kier molecular flexibility index (Phi) is 8.21. The second-order valence-corrected chi connectivity index (χ2v) is 3.82. The Labute approximate surface area is 120 Å². The molecule has 0 atom stereocenters. The molecule has 3 N–H and O–H groups in total. The molecule has 0 aliphatic carbocycles. The van der Waals surface area contributed by atoms with E-state index in [4.69, 9.17) is 5.73 Å². The number of benzene rings is 1. The Morgan fingerprint density at radius 1 is 1.25 bits per heavy atom. The summed E-state index contributed by atoms with van der Waals surface area (Å²) in [5, 5.41) is 2.46. The van der Waals surface area contributed by atoms with Crippen LogP contribution in [0.15, 0.2) is 24.3 Å². The molecule has 0 bridgehead atoms. The average Bonchev–Trinajstić information content (AvgIpc) is 2.37. The predicted octanol–water partition coefficient (Wildman–Crippen LogP) is 1.88. The summed E-state index contributed by atoms with van der Waals surface area (Å²) in [7, 11) is 0. The standard InChI is InChI=1S/C12H15F3N2O2.ClH/c13-12(14,15)8-19-6-5-17-11(18)10-3-1-9(7-16)2-4-10;/h1-4H,5-8,16H2,(H,17,18);1H. The van der Waals surface area contributed by atoms with Crippen LogP contribution in [-0.4, -0.2) is 31.8 Å². The lowest BCUT2D eigenvalue weighted by atomic mass is 10.1. The molecule has 0 aliphatic heterocycles. The van der Waals surface area contributed by atoms with E-state index in [1.54, 1.807) is 24.3 Å². The number of carbonyl (C=O) groups excluding carboxylic acids is 1. The molecule has 114 valence electrons. The third-order valence-electron chi connectivity index (χ3n) is 2.25. The SMILES string of the molecule is Cl.NCc1ccc(C(=O)NCCOCC(F)(F)F)cc1. The summed E-state index contributed by atoms with van der Waals surface area (Å²) in [5.74, 6) is -0.362. The van der Waals surface area contributed by atoms with Gasteiger partial charge in [-0.3, -0.25) is 4.79 Å². The Balaban J connectivity index is 0.00000361. The number of nitrogens with two attached hydrogens (primary N) is 1. The molecule has 0 aliphatic rings. The van der Waals surface area contributed by atoms with Crippen molar-refractivity contribution in [1.82, 2.24) is 5.32 Å². The highest BCUT2D eigenvalue weighted by Crippen LogP contribution is 2.13. The molecular weight excluding hydrogens is 297 g/mol. The summed E-state index contributed by atoms with van der Waals surface area (Å²) in [4.78, 5) is 11.6. The van der Waals surface area contributed by atoms with E-state index in [1.165, 1.54) is 0 Å². The maximum absolute atomic E-state index is 11.8. The van der Waals surface area contributed by atoms with Gasteiger partial charge in [0.05, 0.1) is 6.61 Å². The van der Waals surface area contributed by atoms with Crippen molar-refractivity contribution in [1.29, 1.82) is 0 Å². The summed E-state index contributed by atoms with van der Waals surface area (Å²) in [6.45, 7) is -1.10. The molecule has 1 aromatic carbocycles. The fourth-order valence-corrected chi connectivity index (χ4v) is 1.32. The molecule has 20 heavy (non-hydrogen) atoms. The first kappa shape index (κ1) is 18.7. The summed E-state index contributed by atoms with van der Waals surface area (Å²) >= 11 is 0. The number of ether oxygens (including phenoxy) is 1. The van der Waals surface area contributed by atoms with Gasteiger partial charge in [0.1, 0.15) is 6.61 Å². The van der Waals surface area contributed by atoms with Crippen molar-refractivity contribution in [2.45, 2.75) is 12.7 Å². The van der Waals surface area contributed by atoms with Crippen LogP contribution in [0.5, 0.6) is 0 Å². The van der Waals surface area contributed by atoms with Crippen molar-refractivity contribution in [2.24, 2.45) is 5.73 Å². The zero-order chi connectivity index (χ0) is 14.3. The summed E-state index contributed by atoms with van der Waals surface area (Å²) in [5.41, 5.74) is 6.73. The van der Waals surface area contributed by atoms with Gasteiger partial charge in [-0.1, -0.05) is 12.1 Å². The lowest BCUT2D eigenvalue weighted by Gasteiger charge is -2.08. The highest BCUT2D eigenvalue weighted by Gasteiger charge is 2.27. The Hall–Kier alpha value is -1.31. The number of nitrogens with one attached hydrogen (secondary N) is 1. The molecule has 0 saturated heterocycles. The fourth-order valence-electron chi connectivity index (χ4n) is 1.32. The molecule has 4 nitrogen and oxygen atoms in total. The first-order valence-corrected chi connectivity index (χ1v) is 5.64. The lowest BCUT2D eigenvalue weighted by Crippen LogP contribution is -2.28. The van der Waals surface area contributed by atoms with E-state index >= 15 is 0 Å². The molecule has 0 heterocycles. The third kappa shape index (κ3) is 7.32. The van der Waals surface area contributed by atoms with Crippen LogP contribution in [0.2, 0.25) is 0 Å². The number of alkyl halides is 3. The van der Waals surface area contributed by atoms with Crippen molar-refractivity contribution in [3.63, 3.8) is 0 Å². The molecule has 0 saturated carbocycles. The van der Waals surface area contributed by atoms with Gasteiger partial charge in [-0.2, -0.15) is 13.2 Å². The quantitative estimate of drug-likeness (QED) is 0.788. The van der Waals surface area contributed by atoms with Crippen LogP contribution in [0, 0.1) is 0 Å². The Bertz CT molecular complexity index is 410. The van der Waals surface area contributed by atoms with Gasteiger partial charge in [0, 0.05) is 18.7 Å². The van der Waals surface area contributed by atoms with E-state index in [0.717, 1.165) is 5.56 Å². The van der Waals surface area contributed by atoms with Crippen LogP contribution in [0.4, 0.5) is 13.2 Å². The van der Waals surface area contributed by atoms with Crippen LogP contribution < -0.4 is 11.1 Å². The van der Waals surface area contributed by atoms with Crippen molar-refractivity contribution >= 4 is 18.3 Å². The highest BCUT2D eigenvalue weighted by molar-refractivity contribution is 5.94. The van der Waals surface area contributed by atoms with Crippen molar-refractivity contribution in [2.75, 3.05) is 19.8 Å². The molecule has 0 fully saturated rings. The lowest BCUT2D eigenvalue weighted by molar-refractivity contribution is -0.173. The largest absolute Gasteiger partial charge is 0.411 e. The topological polar surface area (TPSA) is 64.4 Å². The van der Waals surface area contributed by atoms with Crippen LogP contribution in [0.25, 0.3) is 0 Å². The van der Waals surface area contributed by atoms with E-state index < -0.39 is 12.8 Å². The minimum atomic E-state index is -4.35. The fraction of sp³-hybridized carbons (Fsp3) is 0.417. The maximum Gasteiger partial charge on any atom is 0.411 e. The van der Waals surface area contributed by atoms with Crippen LogP contribution in [0.1, 0.15) is 15.9 Å². The summed E-state index contributed by atoms with van der Waals surface area (Å²) < 4.78 is 39.6. The first-order chi connectivity index (χ1) is 8.92. The molecule has 0 spiro atoms. The van der Waals surface area contributed by atoms with Gasteiger partial charge in [0.2, 0.25) is 0 Å². The molecule has 0 unspecified atom stereocenters. The van der Waals surface area contributed by atoms with Gasteiger partial charge < -0.3 is 15.8 Å². The van der Waals surface area contributed by atoms with Gasteiger partial charge in [-0.05, 0) is 17.7 Å². The number of amides is 1. The van der Waals surface area contributed by atoms with Crippen LogP contribution in [-0.2, 0) is 11.3 Å². The van der Waals surface area contributed by atoms with Gasteiger partial charge in [-0.25, -0.2) is 0 Å².